The largest absolute Gasteiger partial charge is 0.390 e. The third-order valence-electron chi connectivity index (χ3n) is 5.68. The van der Waals surface area contributed by atoms with Gasteiger partial charge in [0.25, 0.3) is 10.0 Å². The standard InChI is InChI=1S/C24H25ClN4O4S2/c1-13-9-17(6-7-18(13)24(3,4)31)35(32,33)29-20-10-16(12-26-22(20)25)15-5-8-19-21(11-15)34-23(28-19)27-14(2)30/h5-13,18,29,31H,1-4H3,(H,27,28,30). The Morgan fingerprint density at radius 1 is 1.23 bits per heavy atom. The highest BCUT2D eigenvalue weighted by molar-refractivity contribution is 7.96. The number of amides is 1. The third-order valence-corrected chi connectivity index (χ3v) is 8.29. The molecule has 0 saturated carbocycles. The van der Waals surface area contributed by atoms with Gasteiger partial charge in [0, 0.05) is 24.6 Å². The summed E-state index contributed by atoms with van der Waals surface area (Å²) in [5.74, 6) is -0.584. The molecule has 184 valence electrons. The summed E-state index contributed by atoms with van der Waals surface area (Å²) in [6.07, 6.45) is 6.41. The highest BCUT2D eigenvalue weighted by Crippen LogP contribution is 2.35. The maximum atomic E-state index is 13.1. The summed E-state index contributed by atoms with van der Waals surface area (Å²) in [6.45, 7) is 6.69. The van der Waals surface area contributed by atoms with Gasteiger partial charge >= 0.3 is 0 Å². The van der Waals surface area contributed by atoms with Gasteiger partial charge in [0.15, 0.2) is 10.3 Å². The first kappa shape index (κ1) is 25.3. The van der Waals surface area contributed by atoms with Gasteiger partial charge in [-0.25, -0.2) is 18.4 Å². The molecule has 0 aliphatic heterocycles. The van der Waals surface area contributed by atoms with Crippen LogP contribution < -0.4 is 10.0 Å². The smallest absolute Gasteiger partial charge is 0.261 e. The average molecular weight is 533 g/mol. The fraction of sp³-hybridized carbons (Fsp3) is 0.292. The zero-order valence-corrected chi connectivity index (χ0v) is 21.9. The average Bonchev–Trinajstić information content (AvgIpc) is 3.14. The molecule has 2 aromatic heterocycles. The zero-order chi connectivity index (χ0) is 25.5. The van der Waals surface area contributed by atoms with Gasteiger partial charge in [-0.15, -0.1) is 0 Å². The number of allylic oxidation sites excluding steroid dienone is 2. The van der Waals surface area contributed by atoms with E-state index in [1.165, 1.54) is 24.3 Å². The molecule has 4 rings (SSSR count). The van der Waals surface area contributed by atoms with E-state index in [4.69, 9.17) is 11.6 Å². The minimum Gasteiger partial charge on any atom is -0.390 e. The molecule has 0 spiro atoms. The number of sulfonamides is 1. The number of nitrogens with one attached hydrogen (secondary N) is 2. The highest BCUT2D eigenvalue weighted by atomic mass is 35.5. The summed E-state index contributed by atoms with van der Waals surface area (Å²) in [4.78, 5) is 20.0. The summed E-state index contributed by atoms with van der Waals surface area (Å²) in [6, 6.07) is 7.18. The molecule has 2 unspecified atom stereocenters. The summed E-state index contributed by atoms with van der Waals surface area (Å²) in [5.41, 5.74) is 1.36. The Morgan fingerprint density at radius 3 is 2.63 bits per heavy atom. The maximum Gasteiger partial charge on any atom is 0.261 e. The lowest BCUT2D eigenvalue weighted by molar-refractivity contribution is -0.114. The quantitative estimate of drug-likeness (QED) is 0.376. The van der Waals surface area contributed by atoms with Crippen LogP contribution in [0.25, 0.3) is 21.3 Å². The number of anilines is 2. The van der Waals surface area contributed by atoms with Crippen molar-refractivity contribution in [1.82, 2.24) is 9.97 Å². The molecule has 0 radical (unpaired) electrons. The Kier molecular flexibility index (Phi) is 6.76. The topological polar surface area (TPSA) is 121 Å². The van der Waals surface area contributed by atoms with Crippen LogP contribution in [0.5, 0.6) is 0 Å². The molecule has 0 saturated heterocycles. The summed E-state index contributed by atoms with van der Waals surface area (Å²) >= 11 is 7.57. The number of halogens is 1. The Morgan fingerprint density at radius 2 is 1.97 bits per heavy atom. The van der Waals surface area contributed by atoms with E-state index in [1.807, 2.05) is 25.1 Å². The predicted octanol–water partition coefficient (Wildman–Crippen LogP) is 5.19. The Labute approximate surface area is 212 Å². The SMILES string of the molecule is CC(=O)Nc1nc2ccc(-c3cnc(Cl)c(NS(=O)(=O)C4=CC(C)C(C(C)(C)O)C=C4)c3)cc2s1. The zero-order valence-electron chi connectivity index (χ0n) is 19.5. The number of carbonyl (C=O) groups is 1. The lowest BCUT2D eigenvalue weighted by Gasteiger charge is -2.32. The van der Waals surface area contributed by atoms with Gasteiger partial charge in [0.05, 0.1) is 26.4 Å². The molecule has 3 aromatic rings. The first-order chi connectivity index (χ1) is 16.3. The number of thiazole rings is 1. The van der Waals surface area contributed by atoms with Crippen molar-refractivity contribution in [2.75, 3.05) is 10.0 Å². The van der Waals surface area contributed by atoms with E-state index in [0.717, 1.165) is 15.8 Å². The van der Waals surface area contributed by atoms with Crippen LogP contribution >= 0.6 is 22.9 Å². The second-order valence-electron chi connectivity index (χ2n) is 9.02. The first-order valence-electron chi connectivity index (χ1n) is 10.8. The highest BCUT2D eigenvalue weighted by Gasteiger charge is 2.32. The molecular weight excluding hydrogens is 508 g/mol. The molecule has 0 bridgehead atoms. The van der Waals surface area contributed by atoms with Gasteiger partial charge in [-0.2, -0.15) is 0 Å². The van der Waals surface area contributed by atoms with Crippen LogP contribution in [0, 0.1) is 11.8 Å². The molecule has 0 fully saturated rings. The van der Waals surface area contributed by atoms with Gasteiger partial charge in [-0.05, 0) is 49.6 Å². The van der Waals surface area contributed by atoms with Crippen molar-refractivity contribution < 1.29 is 18.3 Å². The number of fused-ring (bicyclic) bond motifs is 1. The Hall–Kier alpha value is -2.79. The van der Waals surface area contributed by atoms with Crippen molar-refractivity contribution >= 4 is 59.9 Å². The van der Waals surface area contributed by atoms with Crippen molar-refractivity contribution in [3.63, 3.8) is 0 Å². The van der Waals surface area contributed by atoms with Crippen LogP contribution in [0.2, 0.25) is 5.15 Å². The van der Waals surface area contributed by atoms with Crippen LogP contribution in [-0.4, -0.2) is 35.0 Å². The van der Waals surface area contributed by atoms with Crippen LogP contribution in [0.3, 0.4) is 0 Å². The van der Waals surface area contributed by atoms with Crippen molar-refractivity contribution in [1.29, 1.82) is 0 Å². The van der Waals surface area contributed by atoms with Crippen molar-refractivity contribution in [2.45, 2.75) is 33.3 Å². The number of aromatic nitrogens is 2. The molecule has 2 atom stereocenters. The molecule has 35 heavy (non-hydrogen) atoms. The van der Waals surface area contributed by atoms with E-state index >= 15 is 0 Å². The predicted molar refractivity (Wildman–Crippen MR) is 141 cm³/mol. The van der Waals surface area contributed by atoms with Gasteiger partial charge in [0.2, 0.25) is 5.91 Å². The van der Waals surface area contributed by atoms with E-state index in [0.29, 0.717) is 10.7 Å². The van der Waals surface area contributed by atoms with E-state index in [9.17, 15) is 18.3 Å². The maximum absolute atomic E-state index is 13.1. The monoisotopic (exact) mass is 532 g/mol. The second kappa shape index (κ2) is 9.34. The molecule has 1 aliphatic rings. The van der Waals surface area contributed by atoms with Crippen molar-refractivity contribution in [3.05, 3.63) is 58.7 Å². The van der Waals surface area contributed by atoms with E-state index in [2.05, 4.69) is 20.0 Å². The number of nitrogens with zero attached hydrogens (tertiary/aromatic N) is 2. The van der Waals surface area contributed by atoms with Crippen LogP contribution in [0.1, 0.15) is 27.7 Å². The van der Waals surface area contributed by atoms with E-state index in [1.54, 1.807) is 38.3 Å². The molecular formula is C24H25ClN4O4S2. The fourth-order valence-corrected chi connectivity index (χ4v) is 6.41. The Balaban J connectivity index is 1.61. The number of aliphatic hydroxyl groups is 1. The summed E-state index contributed by atoms with van der Waals surface area (Å²) < 4.78 is 29.6. The number of hydrogen-bond acceptors (Lipinski definition) is 7. The number of benzene rings is 1. The van der Waals surface area contributed by atoms with E-state index in [-0.39, 0.29) is 33.5 Å². The van der Waals surface area contributed by atoms with Crippen molar-refractivity contribution in [3.8, 4) is 11.1 Å². The second-order valence-corrected chi connectivity index (χ2v) is 12.1. The number of rotatable bonds is 6. The van der Waals surface area contributed by atoms with Gasteiger partial charge < -0.3 is 10.4 Å². The Bertz CT molecular complexity index is 1470. The fourth-order valence-electron chi connectivity index (χ4n) is 4.04. The number of hydrogen-bond donors (Lipinski definition) is 3. The molecule has 11 heteroatoms. The van der Waals surface area contributed by atoms with Gasteiger partial charge in [0.1, 0.15) is 0 Å². The van der Waals surface area contributed by atoms with Crippen LogP contribution in [0.4, 0.5) is 10.8 Å². The van der Waals surface area contributed by atoms with Crippen molar-refractivity contribution in [2.24, 2.45) is 11.8 Å². The van der Waals surface area contributed by atoms with Gasteiger partial charge in [-0.1, -0.05) is 48.1 Å². The summed E-state index contributed by atoms with van der Waals surface area (Å²) in [5, 5.41) is 13.5. The molecule has 1 aromatic carbocycles. The molecule has 8 nitrogen and oxygen atoms in total. The lowest BCUT2D eigenvalue weighted by atomic mass is 9.79. The molecule has 2 heterocycles. The molecule has 1 amide bonds. The number of carbonyl (C=O) groups excluding carboxylic acids is 1. The molecule has 3 N–H and O–H groups in total. The first-order valence-corrected chi connectivity index (χ1v) is 13.5. The lowest BCUT2D eigenvalue weighted by Crippen LogP contribution is -2.35. The summed E-state index contributed by atoms with van der Waals surface area (Å²) in [7, 11) is -3.93. The molecule has 1 aliphatic carbocycles. The van der Waals surface area contributed by atoms with Crippen LogP contribution in [0.15, 0.2) is 53.6 Å². The van der Waals surface area contributed by atoms with Gasteiger partial charge in [-0.3, -0.25) is 9.52 Å². The number of pyridine rings is 1. The minimum absolute atomic E-state index is 0.0203. The third kappa shape index (κ3) is 5.56. The van der Waals surface area contributed by atoms with Crippen LogP contribution in [-0.2, 0) is 14.8 Å². The minimum atomic E-state index is -3.93. The van der Waals surface area contributed by atoms with E-state index < -0.39 is 15.6 Å². The normalized spacial score (nSPS) is 18.4.